The molecule has 0 amide bonds. The number of nitrogens with one attached hydrogen (secondary N) is 1. The summed E-state index contributed by atoms with van der Waals surface area (Å²) in [5.74, 6) is 0.642. The largest absolute Gasteiger partial charge is 0.486 e. The second kappa shape index (κ2) is 7.97. The SMILES string of the molecule is Cc1ccc(S(=O)(=O)NC2CC2)cc1C(=O)OCc1cc2c(cc1Br)OCCO2. The van der Waals surface area contributed by atoms with E-state index in [1.165, 1.54) is 12.1 Å². The molecule has 0 aromatic heterocycles. The first-order valence-electron chi connectivity index (χ1n) is 9.21. The molecule has 29 heavy (non-hydrogen) atoms. The molecule has 1 fully saturated rings. The Morgan fingerprint density at radius 2 is 1.86 bits per heavy atom. The van der Waals surface area contributed by atoms with Gasteiger partial charge in [-0.25, -0.2) is 17.9 Å². The summed E-state index contributed by atoms with van der Waals surface area (Å²) in [6.45, 7) is 2.69. The number of rotatable bonds is 6. The standard InChI is InChI=1S/C20H20BrNO6S/c1-12-2-5-15(29(24,25)22-14-3-4-14)9-16(12)20(23)28-11-13-8-18-19(10-17(13)21)27-7-6-26-18/h2,5,8-10,14,22H,3-4,6-7,11H2,1H3. The molecule has 1 heterocycles. The summed E-state index contributed by atoms with van der Waals surface area (Å²) in [7, 11) is -3.65. The van der Waals surface area contributed by atoms with E-state index in [1.807, 2.05) is 0 Å². The number of hydrogen-bond acceptors (Lipinski definition) is 6. The lowest BCUT2D eigenvalue weighted by Gasteiger charge is -2.20. The van der Waals surface area contributed by atoms with Crippen LogP contribution in [0, 0.1) is 6.92 Å². The van der Waals surface area contributed by atoms with Gasteiger partial charge in [0.25, 0.3) is 0 Å². The molecule has 0 unspecified atom stereocenters. The molecule has 154 valence electrons. The van der Waals surface area contributed by atoms with Crippen molar-refractivity contribution < 1.29 is 27.4 Å². The number of esters is 1. The van der Waals surface area contributed by atoms with Crippen LogP contribution < -0.4 is 14.2 Å². The zero-order chi connectivity index (χ0) is 20.6. The van der Waals surface area contributed by atoms with Gasteiger partial charge in [-0.2, -0.15) is 0 Å². The summed E-state index contributed by atoms with van der Waals surface area (Å²) < 4.78 is 44.7. The summed E-state index contributed by atoms with van der Waals surface area (Å²) in [5.41, 5.74) is 1.58. The second-order valence-electron chi connectivity index (χ2n) is 7.04. The summed E-state index contributed by atoms with van der Waals surface area (Å²) >= 11 is 3.45. The number of carbonyl (C=O) groups is 1. The van der Waals surface area contributed by atoms with Gasteiger partial charge in [0.2, 0.25) is 10.0 Å². The lowest BCUT2D eigenvalue weighted by molar-refractivity contribution is 0.0470. The Morgan fingerprint density at radius 3 is 2.55 bits per heavy atom. The van der Waals surface area contributed by atoms with Crippen LogP contribution >= 0.6 is 15.9 Å². The summed E-state index contributed by atoms with van der Waals surface area (Å²) in [5, 5.41) is 0. The highest BCUT2D eigenvalue weighted by atomic mass is 79.9. The van der Waals surface area contributed by atoms with E-state index < -0.39 is 16.0 Å². The third kappa shape index (κ3) is 4.57. The monoisotopic (exact) mass is 481 g/mol. The Bertz CT molecular complexity index is 1060. The van der Waals surface area contributed by atoms with Gasteiger partial charge in [0.15, 0.2) is 11.5 Å². The predicted molar refractivity (Wildman–Crippen MR) is 109 cm³/mol. The molecule has 1 aliphatic carbocycles. The molecule has 0 atom stereocenters. The minimum Gasteiger partial charge on any atom is -0.486 e. The average molecular weight is 482 g/mol. The van der Waals surface area contributed by atoms with Gasteiger partial charge in [0.05, 0.1) is 10.5 Å². The van der Waals surface area contributed by atoms with Crippen molar-refractivity contribution in [3.8, 4) is 11.5 Å². The number of aryl methyl sites for hydroxylation is 1. The van der Waals surface area contributed by atoms with E-state index >= 15 is 0 Å². The van der Waals surface area contributed by atoms with E-state index in [4.69, 9.17) is 14.2 Å². The van der Waals surface area contributed by atoms with E-state index in [1.54, 1.807) is 25.1 Å². The van der Waals surface area contributed by atoms with Crippen LogP contribution in [0.5, 0.6) is 11.5 Å². The minimum absolute atomic E-state index is 0.00674. The normalized spacial score (nSPS) is 15.8. The van der Waals surface area contributed by atoms with Gasteiger partial charge in [-0.1, -0.05) is 22.0 Å². The maximum Gasteiger partial charge on any atom is 0.338 e. The van der Waals surface area contributed by atoms with E-state index in [9.17, 15) is 13.2 Å². The number of benzene rings is 2. The van der Waals surface area contributed by atoms with Crippen LogP contribution in [0.4, 0.5) is 0 Å². The first-order chi connectivity index (χ1) is 13.8. The molecule has 9 heteroatoms. The number of ether oxygens (including phenoxy) is 3. The molecular formula is C20H20BrNO6S. The molecule has 0 bridgehead atoms. The molecule has 0 spiro atoms. The molecule has 2 aromatic rings. The van der Waals surface area contributed by atoms with Crippen LogP contribution in [0.25, 0.3) is 0 Å². The quantitative estimate of drug-likeness (QED) is 0.636. The Kier molecular flexibility index (Phi) is 5.54. The van der Waals surface area contributed by atoms with Crippen LogP contribution in [0.2, 0.25) is 0 Å². The van der Waals surface area contributed by atoms with Crippen LogP contribution in [0.15, 0.2) is 39.7 Å². The Morgan fingerprint density at radius 1 is 1.17 bits per heavy atom. The fraction of sp³-hybridized carbons (Fsp3) is 0.350. The molecule has 1 saturated carbocycles. The number of sulfonamides is 1. The van der Waals surface area contributed by atoms with Gasteiger partial charge < -0.3 is 14.2 Å². The highest BCUT2D eigenvalue weighted by molar-refractivity contribution is 9.10. The van der Waals surface area contributed by atoms with Gasteiger partial charge in [-0.3, -0.25) is 0 Å². The molecule has 2 aliphatic rings. The van der Waals surface area contributed by atoms with Crippen molar-refractivity contribution in [3.05, 3.63) is 51.5 Å². The Hall–Kier alpha value is -2.10. The first kappa shape index (κ1) is 20.2. The lowest BCUT2D eigenvalue weighted by Crippen LogP contribution is -2.26. The smallest absolute Gasteiger partial charge is 0.338 e. The molecule has 7 nitrogen and oxygen atoms in total. The minimum atomic E-state index is -3.65. The first-order valence-corrected chi connectivity index (χ1v) is 11.5. The fourth-order valence-corrected chi connectivity index (χ4v) is 4.68. The number of halogens is 1. The third-order valence-corrected chi connectivity index (χ3v) is 6.96. The van der Waals surface area contributed by atoms with Crippen LogP contribution in [-0.4, -0.2) is 33.6 Å². The van der Waals surface area contributed by atoms with Crippen molar-refractivity contribution in [1.82, 2.24) is 4.72 Å². The van der Waals surface area contributed by atoms with Gasteiger partial charge >= 0.3 is 5.97 Å². The molecule has 1 N–H and O–H groups in total. The van der Waals surface area contributed by atoms with Gasteiger partial charge in [0, 0.05) is 16.1 Å². The zero-order valence-corrected chi connectivity index (χ0v) is 18.1. The van der Waals surface area contributed by atoms with Crippen LogP contribution in [0.3, 0.4) is 0 Å². The molecule has 0 radical (unpaired) electrons. The van der Waals surface area contributed by atoms with Crippen molar-refractivity contribution in [1.29, 1.82) is 0 Å². The molecular weight excluding hydrogens is 462 g/mol. The predicted octanol–water partition coefficient (Wildman–Crippen LogP) is 3.33. The van der Waals surface area contributed by atoms with Crippen molar-refractivity contribution >= 4 is 31.9 Å². The molecule has 4 rings (SSSR count). The van der Waals surface area contributed by atoms with Gasteiger partial charge in [0.1, 0.15) is 19.8 Å². The van der Waals surface area contributed by atoms with Crippen molar-refractivity contribution in [2.75, 3.05) is 13.2 Å². The molecule has 1 aliphatic heterocycles. The van der Waals surface area contributed by atoms with Crippen molar-refractivity contribution in [3.63, 3.8) is 0 Å². The van der Waals surface area contributed by atoms with E-state index in [0.29, 0.717) is 30.3 Å². The summed E-state index contributed by atoms with van der Waals surface area (Å²) in [6.07, 6.45) is 1.68. The number of carbonyl (C=O) groups excluding carboxylic acids is 1. The maximum absolute atomic E-state index is 12.6. The van der Waals surface area contributed by atoms with E-state index in [0.717, 1.165) is 22.9 Å². The Balaban J connectivity index is 1.51. The zero-order valence-electron chi connectivity index (χ0n) is 15.7. The van der Waals surface area contributed by atoms with Crippen molar-refractivity contribution in [2.24, 2.45) is 0 Å². The lowest BCUT2D eigenvalue weighted by atomic mass is 10.1. The van der Waals surface area contributed by atoms with Crippen LogP contribution in [0.1, 0.15) is 34.3 Å². The van der Waals surface area contributed by atoms with E-state index in [-0.39, 0.29) is 23.1 Å². The van der Waals surface area contributed by atoms with E-state index in [2.05, 4.69) is 20.7 Å². The summed E-state index contributed by atoms with van der Waals surface area (Å²) in [6, 6.07) is 8.00. The number of hydrogen-bond donors (Lipinski definition) is 1. The molecule has 2 aromatic carbocycles. The maximum atomic E-state index is 12.6. The topological polar surface area (TPSA) is 90.9 Å². The van der Waals surface area contributed by atoms with Gasteiger partial charge in [-0.15, -0.1) is 0 Å². The fourth-order valence-electron chi connectivity index (χ4n) is 2.91. The Labute approximate surface area is 177 Å². The molecule has 0 saturated heterocycles. The van der Waals surface area contributed by atoms with Crippen molar-refractivity contribution in [2.45, 2.75) is 37.3 Å². The van der Waals surface area contributed by atoms with Crippen LogP contribution in [-0.2, 0) is 21.4 Å². The third-order valence-electron chi connectivity index (χ3n) is 4.71. The number of fused-ring (bicyclic) bond motifs is 1. The van der Waals surface area contributed by atoms with Gasteiger partial charge in [-0.05, 0) is 49.6 Å². The summed E-state index contributed by atoms with van der Waals surface area (Å²) in [4.78, 5) is 12.7. The average Bonchev–Trinajstić information content (AvgIpc) is 3.49. The second-order valence-corrected chi connectivity index (χ2v) is 9.60. The highest BCUT2D eigenvalue weighted by Crippen LogP contribution is 2.36. The highest BCUT2D eigenvalue weighted by Gasteiger charge is 2.28.